The van der Waals surface area contributed by atoms with Crippen LogP contribution in [0.4, 0.5) is 0 Å². The normalized spacial score (nSPS) is 14.2. The second kappa shape index (κ2) is 8.15. The quantitative estimate of drug-likeness (QED) is 0.662. The molecular formula is C21H24N4O. The van der Waals surface area contributed by atoms with Crippen LogP contribution >= 0.6 is 0 Å². The summed E-state index contributed by atoms with van der Waals surface area (Å²) in [6, 6.07) is 16.5. The third kappa shape index (κ3) is 4.11. The van der Waals surface area contributed by atoms with Gasteiger partial charge in [0.1, 0.15) is 0 Å². The first-order valence-corrected chi connectivity index (χ1v) is 9.27. The summed E-state index contributed by atoms with van der Waals surface area (Å²) in [5.74, 6) is 0.670. The highest BCUT2D eigenvalue weighted by molar-refractivity contribution is 5.53. The minimum absolute atomic E-state index is 0.670. The number of nitrogens with one attached hydrogen (secondary N) is 1. The van der Waals surface area contributed by atoms with Crippen molar-refractivity contribution in [1.82, 2.24) is 20.1 Å². The lowest BCUT2D eigenvalue weighted by atomic mass is 10.00. The van der Waals surface area contributed by atoms with Crippen molar-refractivity contribution in [1.29, 1.82) is 0 Å². The van der Waals surface area contributed by atoms with E-state index in [4.69, 9.17) is 4.74 Å². The summed E-state index contributed by atoms with van der Waals surface area (Å²) in [7, 11) is 0. The molecule has 0 spiro atoms. The van der Waals surface area contributed by atoms with Gasteiger partial charge in [-0.05, 0) is 49.1 Å². The molecule has 4 rings (SSSR count). The van der Waals surface area contributed by atoms with Crippen molar-refractivity contribution < 1.29 is 4.74 Å². The van der Waals surface area contributed by atoms with E-state index in [0.717, 1.165) is 50.3 Å². The van der Waals surface area contributed by atoms with Gasteiger partial charge in [-0.3, -0.25) is 10.00 Å². The second-order valence-corrected chi connectivity index (χ2v) is 6.68. The van der Waals surface area contributed by atoms with Crippen LogP contribution in [-0.2, 0) is 13.0 Å². The molecule has 0 atom stereocenters. The van der Waals surface area contributed by atoms with Crippen LogP contribution in [0.15, 0.2) is 54.7 Å². The summed E-state index contributed by atoms with van der Waals surface area (Å²) in [6.45, 7) is 4.06. The van der Waals surface area contributed by atoms with E-state index in [1.54, 1.807) is 6.20 Å². The van der Waals surface area contributed by atoms with Crippen LogP contribution < -0.4 is 4.74 Å². The molecule has 26 heavy (non-hydrogen) atoms. The number of aromatic nitrogens is 3. The Morgan fingerprint density at radius 2 is 1.92 bits per heavy atom. The van der Waals surface area contributed by atoms with Gasteiger partial charge in [-0.15, -0.1) is 0 Å². The van der Waals surface area contributed by atoms with E-state index in [0.29, 0.717) is 12.5 Å². The fourth-order valence-corrected chi connectivity index (χ4v) is 3.40. The maximum Gasteiger partial charge on any atom is 0.213 e. The summed E-state index contributed by atoms with van der Waals surface area (Å²) in [6.07, 6.45) is 5.07. The molecular weight excluding hydrogens is 324 g/mol. The largest absolute Gasteiger partial charge is 0.478 e. The minimum atomic E-state index is 0.670. The Hall–Kier alpha value is -2.66. The first-order valence-electron chi connectivity index (χ1n) is 9.27. The van der Waals surface area contributed by atoms with Gasteiger partial charge in [0, 0.05) is 25.4 Å². The molecule has 0 radical (unpaired) electrons. The number of aromatic amines is 1. The average Bonchev–Trinajstić information content (AvgIpc) is 3.23. The van der Waals surface area contributed by atoms with Gasteiger partial charge < -0.3 is 4.74 Å². The van der Waals surface area contributed by atoms with Gasteiger partial charge >= 0.3 is 0 Å². The van der Waals surface area contributed by atoms with Crippen molar-refractivity contribution in [2.24, 2.45) is 0 Å². The van der Waals surface area contributed by atoms with Crippen LogP contribution in [0, 0.1) is 0 Å². The highest BCUT2D eigenvalue weighted by Crippen LogP contribution is 2.19. The molecule has 0 saturated heterocycles. The molecule has 5 nitrogen and oxygen atoms in total. The zero-order valence-corrected chi connectivity index (χ0v) is 14.9. The number of pyridine rings is 1. The van der Waals surface area contributed by atoms with Crippen molar-refractivity contribution in [2.75, 3.05) is 19.7 Å². The highest BCUT2D eigenvalue weighted by Gasteiger charge is 2.14. The third-order valence-electron chi connectivity index (χ3n) is 4.83. The molecule has 0 fully saturated rings. The lowest BCUT2D eigenvalue weighted by molar-refractivity contribution is 0.233. The highest BCUT2D eigenvalue weighted by atomic mass is 16.5. The van der Waals surface area contributed by atoms with Crippen molar-refractivity contribution >= 4 is 0 Å². The molecule has 5 heteroatoms. The Morgan fingerprint density at radius 1 is 1.00 bits per heavy atom. The first-order chi connectivity index (χ1) is 12.9. The summed E-state index contributed by atoms with van der Waals surface area (Å²) in [5.41, 5.74) is 4.75. The number of ether oxygens (including phenoxy) is 1. The number of unbranched alkanes of at least 4 members (excludes halogenated alkanes) is 1. The number of hydrogen-bond donors (Lipinski definition) is 1. The zero-order valence-electron chi connectivity index (χ0n) is 14.9. The SMILES string of the molecule is c1cc(OCCCCN2CCc3ccccc3C2)nc(-c2ccn[nH]2)c1. The van der Waals surface area contributed by atoms with Crippen LogP contribution in [-0.4, -0.2) is 39.8 Å². The predicted octanol–water partition coefficient (Wildman–Crippen LogP) is 3.69. The van der Waals surface area contributed by atoms with E-state index in [9.17, 15) is 0 Å². The number of rotatable bonds is 7. The Morgan fingerprint density at radius 3 is 2.81 bits per heavy atom. The molecule has 1 aliphatic heterocycles. The van der Waals surface area contributed by atoms with E-state index >= 15 is 0 Å². The minimum Gasteiger partial charge on any atom is -0.478 e. The number of hydrogen-bond acceptors (Lipinski definition) is 4. The standard InChI is InChI=1S/C21H24N4O/c1-2-7-18-16-25(14-11-17(18)6-1)13-3-4-15-26-21-9-5-8-19(23-21)20-10-12-22-24-20/h1-2,5-10,12H,3-4,11,13-16H2,(H,22,24). The topological polar surface area (TPSA) is 54.0 Å². The number of fused-ring (bicyclic) bond motifs is 1. The molecule has 1 N–H and O–H groups in total. The van der Waals surface area contributed by atoms with Crippen molar-refractivity contribution in [2.45, 2.75) is 25.8 Å². The van der Waals surface area contributed by atoms with Crippen molar-refractivity contribution in [3.63, 3.8) is 0 Å². The fraction of sp³-hybridized carbons (Fsp3) is 0.333. The predicted molar refractivity (Wildman–Crippen MR) is 102 cm³/mol. The van der Waals surface area contributed by atoms with Crippen LogP contribution in [0.5, 0.6) is 5.88 Å². The van der Waals surface area contributed by atoms with Crippen LogP contribution in [0.3, 0.4) is 0 Å². The summed E-state index contributed by atoms with van der Waals surface area (Å²) >= 11 is 0. The molecule has 3 aromatic rings. The monoisotopic (exact) mass is 348 g/mol. The van der Waals surface area contributed by atoms with E-state index in [1.165, 1.54) is 11.1 Å². The van der Waals surface area contributed by atoms with Gasteiger partial charge in [0.2, 0.25) is 5.88 Å². The molecule has 0 amide bonds. The van der Waals surface area contributed by atoms with Gasteiger partial charge in [0.15, 0.2) is 0 Å². The molecule has 134 valence electrons. The molecule has 3 heterocycles. The zero-order chi connectivity index (χ0) is 17.6. The van der Waals surface area contributed by atoms with Crippen LogP contribution in [0.25, 0.3) is 11.4 Å². The smallest absolute Gasteiger partial charge is 0.213 e. The maximum absolute atomic E-state index is 5.83. The van der Waals surface area contributed by atoms with E-state index in [1.807, 2.05) is 24.3 Å². The Kier molecular flexibility index (Phi) is 5.26. The summed E-state index contributed by atoms with van der Waals surface area (Å²) in [4.78, 5) is 7.06. The molecule has 0 saturated carbocycles. The van der Waals surface area contributed by atoms with Gasteiger partial charge in [-0.1, -0.05) is 30.3 Å². The lowest BCUT2D eigenvalue weighted by Gasteiger charge is -2.28. The third-order valence-corrected chi connectivity index (χ3v) is 4.83. The van der Waals surface area contributed by atoms with Gasteiger partial charge in [-0.2, -0.15) is 5.10 Å². The first kappa shape index (κ1) is 16.8. The molecule has 1 aromatic carbocycles. The molecule has 2 aromatic heterocycles. The van der Waals surface area contributed by atoms with Crippen molar-refractivity contribution in [3.05, 3.63) is 65.9 Å². The van der Waals surface area contributed by atoms with Gasteiger partial charge in [-0.25, -0.2) is 4.98 Å². The Balaban J connectivity index is 1.20. The maximum atomic E-state index is 5.83. The van der Waals surface area contributed by atoms with Crippen LogP contribution in [0.2, 0.25) is 0 Å². The average molecular weight is 348 g/mol. The van der Waals surface area contributed by atoms with Crippen molar-refractivity contribution in [3.8, 4) is 17.3 Å². The fourth-order valence-electron chi connectivity index (χ4n) is 3.40. The van der Waals surface area contributed by atoms with Gasteiger partial charge in [0.25, 0.3) is 0 Å². The Bertz CT molecular complexity index is 832. The summed E-state index contributed by atoms with van der Waals surface area (Å²) in [5, 5.41) is 6.89. The molecule has 0 aliphatic carbocycles. The number of benzene rings is 1. The van der Waals surface area contributed by atoms with E-state index < -0.39 is 0 Å². The lowest BCUT2D eigenvalue weighted by Crippen LogP contribution is -2.31. The number of H-pyrrole nitrogens is 1. The second-order valence-electron chi connectivity index (χ2n) is 6.68. The summed E-state index contributed by atoms with van der Waals surface area (Å²) < 4.78 is 5.83. The molecule has 0 unspecified atom stereocenters. The molecule has 1 aliphatic rings. The van der Waals surface area contributed by atoms with E-state index in [-0.39, 0.29) is 0 Å². The molecule has 0 bridgehead atoms. The van der Waals surface area contributed by atoms with Gasteiger partial charge in [0.05, 0.1) is 18.0 Å². The van der Waals surface area contributed by atoms with E-state index in [2.05, 4.69) is 44.3 Å². The van der Waals surface area contributed by atoms with Crippen LogP contribution in [0.1, 0.15) is 24.0 Å². The number of nitrogens with zero attached hydrogens (tertiary/aromatic N) is 3. The Labute approximate surface area is 154 Å².